The van der Waals surface area contributed by atoms with Gasteiger partial charge < -0.3 is 11.1 Å². The Bertz CT molecular complexity index is 477. The number of nitrogens with zero attached hydrogens (tertiary/aromatic N) is 1. The van der Waals surface area contributed by atoms with Crippen molar-refractivity contribution >= 4 is 17.3 Å². The van der Waals surface area contributed by atoms with Gasteiger partial charge in [-0.2, -0.15) is 0 Å². The second-order valence-electron chi connectivity index (χ2n) is 4.34. The largest absolute Gasteiger partial charge is 0.328 e. The normalized spacial score (nSPS) is 11.9. The van der Waals surface area contributed by atoms with Gasteiger partial charge in [-0.1, -0.05) is 0 Å². The molecule has 0 heterocycles. The molecule has 0 spiro atoms. The molecular formula is C12H16FN3O3. The summed E-state index contributed by atoms with van der Waals surface area (Å²) in [5.74, 6) is -1.09. The first-order chi connectivity index (χ1) is 8.90. The minimum atomic E-state index is -0.703. The maximum Gasteiger partial charge on any atom is 0.271 e. The lowest BCUT2D eigenvalue weighted by atomic mass is 10.1. The Morgan fingerprint density at radius 2 is 2.26 bits per heavy atom. The highest BCUT2D eigenvalue weighted by Gasteiger charge is 2.13. The van der Waals surface area contributed by atoms with E-state index in [0.717, 1.165) is 18.2 Å². The van der Waals surface area contributed by atoms with Crippen molar-refractivity contribution in [1.29, 1.82) is 0 Å². The number of amides is 1. The minimum absolute atomic E-state index is 0.00217. The molecule has 0 radical (unpaired) electrons. The number of nitrogens with one attached hydrogen (secondary N) is 1. The smallest absolute Gasteiger partial charge is 0.271 e. The zero-order valence-corrected chi connectivity index (χ0v) is 10.6. The fraction of sp³-hybridized carbons (Fsp3) is 0.417. The van der Waals surface area contributed by atoms with E-state index < -0.39 is 10.7 Å². The van der Waals surface area contributed by atoms with E-state index >= 15 is 0 Å². The van der Waals surface area contributed by atoms with Crippen LogP contribution in [0.25, 0.3) is 0 Å². The molecule has 1 atom stereocenters. The van der Waals surface area contributed by atoms with Crippen molar-refractivity contribution in [2.75, 3.05) is 5.32 Å². The van der Waals surface area contributed by atoms with E-state index in [0.29, 0.717) is 12.8 Å². The number of benzene rings is 1. The second kappa shape index (κ2) is 6.79. The van der Waals surface area contributed by atoms with Crippen molar-refractivity contribution < 1.29 is 14.1 Å². The van der Waals surface area contributed by atoms with Gasteiger partial charge in [0.05, 0.1) is 10.6 Å². The predicted octanol–water partition coefficient (Wildman–Crippen LogP) is 2.19. The highest BCUT2D eigenvalue weighted by atomic mass is 19.1. The summed E-state index contributed by atoms with van der Waals surface area (Å²) >= 11 is 0. The number of hydrogen-bond donors (Lipinski definition) is 2. The van der Waals surface area contributed by atoms with Crippen LogP contribution in [-0.2, 0) is 4.79 Å². The van der Waals surface area contributed by atoms with Gasteiger partial charge in [0.1, 0.15) is 5.82 Å². The molecule has 104 valence electrons. The van der Waals surface area contributed by atoms with Crippen molar-refractivity contribution in [3.63, 3.8) is 0 Å². The average molecular weight is 269 g/mol. The van der Waals surface area contributed by atoms with E-state index in [-0.39, 0.29) is 29.7 Å². The van der Waals surface area contributed by atoms with E-state index in [2.05, 4.69) is 5.32 Å². The molecule has 0 aliphatic rings. The van der Waals surface area contributed by atoms with E-state index in [4.69, 9.17) is 5.73 Å². The molecule has 7 heteroatoms. The van der Waals surface area contributed by atoms with Gasteiger partial charge in [0.15, 0.2) is 0 Å². The van der Waals surface area contributed by atoms with Crippen LogP contribution in [-0.4, -0.2) is 16.9 Å². The molecule has 1 aromatic rings. The van der Waals surface area contributed by atoms with Crippen molar-refractivity contribution in [2.24, 2.45) is 5.73 Å². The van der Waals surface area contributed by atoms with Crippen LogP contribution in [0.15, 0.2) is 18.2 Å². The van der Waals surface area contributed by atoms with E-state index in [1.165, 1.54) is 0 Å². The van der Waals surface area contributed by atoms with Crippen molar-refractivity contribution in [2.45, 2.75) is 32.2 Å². The number of anilines is 1. The first kappa shape index (κ1) is 15.0. The molecule has 1 amide bonds. The third-order valence-electron chi connectivity index (χ3n) is 2.50. The second-order valence-corrected chi connectivity index (χ2v) is 4.34. The Kier molecular flexibility index (Phi) is 5.37. The summed E-state index contributed by atoms with van der Waals surface area (Å²) in [6.45, 7) is 1.83. The predicted molar refractivity (Wildman–Crippen MR) is 69.2 cm³/mol. The molecule has 0 saturated heterocycles. The first-order valence-electron chi connectivity index (χ1n) is 5.89. The summed E-state index contributed by atoms with van der Waals surface area (Å²) in [5.41, 5.74) is 5.09. The van der Waals surface area contributed by atoms with Crippen LogP contribution in [0.1, 0.15) is 26.2 Å². The van der Waals surface area contributed by atoms with Crippen LogP contribution in [0.5, 0.6) is 0 Å². The van der Waals surface area contributed by atoms with E-state index in [1.807, 2.05) is 6.92 Å². The number of halogens is 1. The van der Waals surface area contributed by atoms with Gasteiger partial charge in [-0.25, -0.2) is 4.39 Å². The van der Waals surface area contributed by atoms with Gasteiger partial charge >= 0.3 is 0 Å². The Morgan fingerprint density at radius 3 is 2.84 bits per heavy atom. The number of nitro benzene ring substituents is 1. The number of rotatable bonds is 6. The molecule has 1 aromatic carbocycles. The summed E-state index contributed by atoms with van der Waals surface area (Å²) < 4.78 is 13.4. The van der Waals surface area contributed by atoms with Gasteiger partial charge in [-0.05, 0) is 25.8 Å². The van der Waals surface area contributed by atoms with Gasteiger partial charge in [0, 0.05) is 24.6 Å². The number of carbonyl (C=O) groups is 1. The van der Waals surface area contributed by atoms with Gasteiger partial charge in [0.25, 0.3) is 5.69 Å². The highest BCUT2D eigenvalue weighted by Crippen LogP contribution is 2.21. The SMILES string of the molecule is CC(N)CCCC(=O)Nc1cc([N+](=O)[O-])ccc1F. The third kappa shape index (κ3) is 5.01. The fourth-order valence-electron chi connectivity index (χ4n) is 1.52. The average Bonchev–Trinajstić information content (AvgIpc) is 2.31. The van der Waals surface area contributed by atoms with Crippen LogP contribution in [0.2, 0.25) is 0 Å². The quantitative estimate of drug-likeness (QED) is 0.610. The Labute approximate surface area is 109 Å². The van der Waals surface area contributed by atoms with Gasteiger partial charge in [0.2, 0.25) is 5.91 Å². The lowest BCUT2D eigenvalue weighted by Gasteiger charge is -2.07. The molecule has 0 fully saturated rings. The lowest BCUT2D eigenvalue weighted by molar-refractivity contribution is -0.384. The standard InChI is InChI=1S/C12H16FN3O3/c1-8(14)3-2-4-12(17)15-11-7-9(16(18)19)5-6-10(11)13/h5-8H,2-4,14H2,1H3,(H,15,17). The molecule has 0 aliphatic heterocycles. The molecule has 0 aliphatic carbocycles. The zero-order valence-electron chi connectivity index (χ0n) is 10.6. The van der Waals surface area contributed by atoms with Crippen molar-refractivity contribution in [3.05, 3.63) is 34.1 Å². The number of carbonyl (C=O) groups excluding carboxylic acids is 1. The fourth-order valence-corrected chi connectivity index (χ4v) is 1.52. The number of non-ortho nitro benzene ring substituents is 1. The molecule has 0 bridgehead atoms. The van der Waals surface area contributed by atoms with Crippen LogP contribution >= 0.6 is 0 Å². The van der Waals surface area contributed by atoms with Crippen LogP contribution < -0.4 is 11.1 Å². The number of nitro groups is 1. The summed E-state index contributed by atoms with van der Waals surface area (Å²) in [4.78, 5) is 21.4. The monoisotopic (exact) mass is 269 g/mol. The van der Waals surface area contributed by atoms with Gasteiger partial charge in [-0.3, -0.25) is 14.9 Å². The summed E-state index contributed by atoms with van der Waals surface area (Å²) in [7, 11) is 0. The van der Waals surface area contributed by atoms with Crippen molar-refractivity contribution in [3.8, 4) is 0 Å². The summed E-state index contributed by atoms with van der Waals surface area (Å²) in [5, 5.41) is 12.9. The van der Waals surface area contributed by atoms with Crippen LogP contribution in [0.4, 0.5) is 15.8 Å². The molecule has 1 unspecified atom stereocenters. The molecule has 0 aromatic heterocycles. The Morgan fingerprint density at radius 1 is 1.58 bits per heavy atom. The first-order valence-corrected chi connectivity index (χ1v) is 5.89. The lowest BCUT2D eigenvalue weighted by Crippen LogP contribution is -2.17. The van der Waals surface area contributed by atoms with Crippen LogP contribution in [0, 0.1) is 15.9 Å². The molecular weight excluding hydrogens is 253 g/mol. The number of nitrogens with two attached hydrogens (primary N) is 1. The zero-order chi connectivity index (χ0) is 14.4. The highest BCUT2D eigenvalue weighted by molar-refractivity contribution is 5.91. The van der Waals surface area contributed by atoms with Gasteiger partial charge in [-0.15, -0.1) is 0 Å². The maximum absolute atomic E-state index is 13.4. The Hall–Kier alpha value is -2.02. The summed E-state index contributed by atoms with van der Waals surface area (Å²) in [6.07, 6.45) is 1.47. The van der Waals surface area contributed by atoms with Crippen molar-refractivity contribution in [1.82, 2.24) is 0 Å². The Balaban J connectivity index is 2.63. The summed E-state index contributed by atoms with van der Waals surface area (Å²) in [6, 6.07) is 3.00. The molecule has 1 rings (SSSR count). The molecule has 19 heavy (non-hydrogen) atoms. The van der Waals surface area contributed by atoms with E-state index in [9.17, 15) is 19.3 Å². The molecule has 6 nitrogen and oxygen atoms in total. The van der Waals surface area contributed by atoms with Crippen LogP contribution in [0.3, 0.4) is 0 Å². The molecule has 0 saturated carbocycles. The minimum Gasteiger partial charge on any atom is -0.328 e. The molecule has 3 N–H and O–H groups in total. The topological polar surface area (TPSA) is 98.3 Å². The number of hydrogen-bond acceptors (Lipinski definition) is 4. The maximum atomic E-state index is 13.4. The third-order valence-corrected chi connectivity index (χ3v) is 2.50. The van der Waals surface area contributed by atoms with E-state index in [1.54, 1.807) is 0 Å².